The maximum absolute atomic E-state index is 12.5. The van der Waals surface area contributed by atoms with Crippen LogP contribution in [0.4, 0.5) is 3.89 Å². The van der Waals surface area contributed by atoms with Gasteiger partial charge in [0.15, 0.2) is 0 Å². The molecule has 1 rings (SSSR count). The number of hydrogen-bond acceptors (Lipinski definition) is 4. The van der Waals surface area contributed by atoms with Crippen molar-refractivity contribution in [1.82, 2.24) is 4.31 Å². The number of sulfonamides is 1. The molecule has 0 saturated carbocycles. The molecule has 0 N–H and O–H groups in total. The fourth-order valence-electron chi connectivity index (χ4n) is 1.45. The van der Waals surface area contributed by atoms with E-state index < -0.39 is 25.5 Å². The molecule has 0 unspecified atom stereocenters. The van der Waals surface area contributed by atoms with Crippen LogP contribution in [0.1, 0.15) is 12.8 Å². The molecular formula is C6H12FNO4S2. The molecule has 0 aromatic carbocycles. The fraction of sp³-hybridized carbons (Fsp3) is 1.00. The fourth-order valence-corrected chi connectivity index (χ4v) is 3.09. The molecule has 0 aromatic heterocycles. The van der Waals surface area contributed by atoms with E-state index in [1.807, 2.05) is 0 Å². The lowest BCUT2D eigenvalue weighted by molar-refractivity contribution is 0.343. The highest BCUT2D eigenvalue weighted by Gasteiger charge is 2.32. The average Bonchev–Trinajstić information content (AvgIpc) is 2.01. The van der Waals surface area contributed by atoms with Crippen molar-refractivity contribution in [2.45, 2.75) is 18.1 Å². The molecule has 0 radical (unpaired) electrons. The Kier molecular flexibility index (Phi) is 3.17. The first-order chi connectivity index (χ1) is 6.21. The van der Waals surface area contributed by atoms with E-state index in [1.165, 1.54) is 0 Å². The quantitative estimate of drug-likeness (QED) is 0.627. The van der Waals surface area contributed by atoms with Gasteiger partial charge in [-0.15, -0.1) is 3.89 Å². The molecule has 1 saturated heterocycles. The van der Waals surface area contributed by atoms with Crippen LogP contribution in [0.3, 0.4) is 0 Å². The predicted octanol–water partition coefficient (Wildman–Crippen LogP) is -0.290. The summed E-state index contributed by atoms with van der Waals surface area (Å²) in [7, 11) is -7.80. The second kappa shape index (κ2) is 3.74. The van der Waals surface area contributed by atoms with Crippen molar-refractivity contribution in [1.29, 1.82) is 0 Å². The van der Waals surface area contributed by atoms with Crippen molar-refractivity contribution >= 4 is 20.2 Å². The standard InChI is InChI=1S/C6H12FNO4S2/c1-13(9,10)8-4-2-6(3-5-8)14(7,11)12/h6H,2-5H2,1H3. The lowest BCUT2D eigenvalue weighted by Crippen LogP contribution is -2.41. The normalized spacial score (nSPS) is 22.4. The molecule has 1 aliphatic rings. The summed E-state index contributed by atoms with van der Waals surface area (Å²) in [6, 6.07) is 0. The Balaban J connectivity index is 2.65. The van der Waals surface area contributed by atoms with E-state index >= 15 is 0 Å². The predicted molar refractivity (Wildman–Crippen MR) is 49.5 cm³/mol. The van der Waals surface area contributed by atoms with Crippen LogP contribution in [0.25, 0.3) is 0 Å². The Bertz CT molecular complexity index is 354. The molecule has 14 heavy (non-hydrogen) atoms. The maximum atomic E-state index is 12.5. The Morgan fingerprint density at radius 1 is 1.14 bits per heavy atom. The number of hydrogen-bond donors (Lipinski definition) is 0. The SMILES string of the molecule is CS(=O)(=O)N1CCC(S(=O)(=O)F)CC1. The van der Waals surface area contributed by atoms with E-state index in [0.29, 0.717) is 0 Å². The molecule has 5 nitrogen and oxygen atoms in total. The number of nitrogens with zero attached hydrogens (tertiary/aromatic N) is 1. The highest BCUT2D eigenvalue weighted by atomic mass is 32.3. The van der Waals surface area contributed by atoms with Gasteiger partial charge in [-0.05, 0) is 12.8 Å². The third kappa shape index (κ3) is 2.89. The second-order valence-corrected chi connectivity index (χ2v) is 6.94. The Labute approximate surface area is 83.2 Å². The molecule has 84 valence electrons. The number of piperidine rings is 1. The molecule has 1 aliphatic heterocycles. The van der Waals surface area contributed by atoms with Crippen molar-refractivity contribution in [3.05, 3.63) is 0 Å². The minimum atomic E-state index is -4.52. The molecule has 0 spiro atoms. The summed E-state index contributed by atoms with van der Waals surface area (Å²) >= 11 is 0. The first-order valence-corrected chi connectivity index (χ1v) is 7.39. The summed E-state index contributed by atoms with van der Waals surface area (Å²) in [6.45, 7) is 0.152. The van der Waals surface area contributed by atoms with Crippen molar-refractivity contribution in [2.24, 2.45) is 0 Å². The van der Waals surface area contributed by atoms with Gasteiger partial charge >= 0.3 is 10.2 Å². The highest BCUT2D eigenvalue weighted by molar-refractivity contribution is 7.88. The van der Waals surface area contributed by atoms with Crippen LogP contribution in [0.5, 0.6) is 0 Å². The Hall–Kier alpha value is -0.210. The van der Waals surface area contributed by atoms with Crippen molar-refractivity contribution in [2.75, 3.05) is 19.3 Å². The Morgan fingerprint density at radius 3 is 1.86 bits per heavy atom. The van der Waals surface area contributed by atoms with Crippen LogP contribution >= 0.6 is 0 Å². The van der Waals surface area contributed by atoms with Gasteiger partial charge in [0.05, 0.1) is 11.5 Å². The maximum Gasteiger partial charge on any atom is 0.305 e. The number of halogens is 1. The van der Waals surface area contributed by atoms with Gasteiger partial charge in [0.1, 0.15) is 0 Å². The van der Waals surface area contributed by atoms with Gasteiger partial charge in [-0.3, -0.25) is 0 Å². The number of rotatable bonds is 2. The van der Waals surface area contributed by atoms with E-state index in [2.05, 4.69) is 0 Å². The summed E-state index contributed by atoms with van der Waals surface area (Å²) in [4.78, 5) is 0. The minimum Gasteiger partial charge on any atom is -0.213 e. The van der Waals surface area contributed by atoms with Crippen LogP contribution < -0.4 is 0 Å². The molecule has 8 heteroatoms. The third-order valence-electron chi connectivity index (χ3n) is 2.27. The summed E-state index contributed by atoms with van der Waals surface area (Å²) in [6.07, 6.45) is 1.12. The topological polar surface area (TPSA) is 71.5 Å². The van der Waals surface area contributed by atoms with Gasteiger partial charge in [0.25, 0.3) is 0 Å². The van der Waals surface area contributed by atoms with Crippen LogP contribution in [0, 0.1) is 0 Å². The van der Waals surface area contributed by atoms with Crippen LogP contribution in [0.2, 0.25) is 0 Å². The molecule has 0 aromatic rings. The van der Waals surface area contributed by atoms with Crippen LogP contribution in [0.15, 0.2) is 0 Å². The molecule has 1 heterocycles. The zero-order valence-corrected chi connectivity index (χ0v) is 9.31. The largest absolute Gasteiger partial charge is 0.305 e. The summed E-state index contributed by atoms with van der Waals surface area (Å²) in [5.41, 5.74) is 0. The molecule has 0 atom stereocenters. The zero-order valence-electron chi connectivity index (χ0n) is 7.68. The Morgan fingerprint density at radius 2 is 1.57 bits per heavy atom. The van der Waals surface area contributed by atoms with E-state index in [-0.39, 0.29) is 25.9 Å². The lowest BCUT2D eigenvalue weighted by atomic mass is 10.2. The summed E-state index contributed by atoms with van der Waals surface area (Å²) in [5.74, 6) is 0. The second-order valence-electron chi connectivity index (χ2n) is 3.34. The molecular weight excluding hydrogens is 233 g/mol. The first-order valence-electron chi connectivity index (χ1n) is 4.10. The first kappa shape index (κ1) is 11.9. The molecule has 0 aliphatic carbocycles. The monoisotopic (exact) mass is 245 g/mol. The van der Waals surface area contributed by atoms with Gasteiger partial charge < -0.3 is 0 Å². The minimum absolute atomic E-state index is 0.0336. The van der Waals surface area contributed by atoms with Crippen LogP contribution in [-0.4, -0.2) is 45.7 Å². The molecule has 0 amide bonds. The van der Waals surface area contributed by atoms with E-state index in [1.54, 1.807) is 0 Å². The molecule has 0 bridgehead atoms. The lowest BCUT2D eigenvalue weighted by Gasteiger charge is -2.27. The van der Waals surface area contributed by atoms with Crippen LogP contribution in [-0.2, 0) is 20.2 Å². The average molecular weight is 245 g/mol. The molecule has 1 fully saturated rings. The summed E-state index contributed by atoms with van der Waals surface area (Å²) < 4.78 is 56.7. The van der Waals surface area contributed by atoms with Gasteiger partial charge in [-0.1, -0.05) is 0 Å². The highest BCUT2D eigenvalue weighted by Crippen LogP contribution is 2.20. The summed E-state index contributed by atoms with van der Waals surface area (Å²) in [5, 5.41) is -1.04. The van der Waals surface area contributed by atoms with Gasteiger partial charge in [0.2, 0.25) is 10.0 Å². The van der Waals surface area contributed by atoms with Gasteiger partial charge in [0, 0.05) is 13.1 Å². The third-order valence-corrected chi connectivity index (χ3v) is 4.84. The van der Waals surface area contributed by atoms with Crippen molar-refractivity contribution in [3.63, 3.8) is 0 Å². The van der Waals surface area contributed by atoms with Crippen molar-refractivity contribution in [3.8, 4) is 0 Å². The van der Waals surface area contributed by atoms with Crippen molar-refractivity contribution < 1.29 is 20.7 Å². The van der Waals surface area contributed by atoms with Gasteiger partial charge in [-0.25, -0.2) is 12.7 Å². The van der Waals surface area contributed by atoms with E-state index in [0.717, 1.165) is 10.6 Å². The van der Waals surface area contributed by atoms with Gasteiger partial charge in [-0.2, -0.15) is 8.42 Å². The van der Waals surface area contributed by atoms with E-state index in [9.17, 15) is 20.7 Å². The smallest absolute Gasteiger partial charge is 0.213 e. The zero-order chi connectivity index (χ0) is 11.0. The van der Waals surface area contributed by atoms with E-state index in [4.69, 9.17) is 0 Å².